The molecule has 0 unspecified atom stereocenters. The van der Waals surface area contributed by atoms with Gasteiger partial charge in [0.2, 0.25) is 7.59 Å². The lowest BCUT2D eigenvalue weighted by atomic mass is 10.2. The number of nitrogens with zero attached hydrogens (tertiary/aromatic N) is 4. The van der Waals surface area contributed by atoms with Gasteiger partial charge in [-0.2, -0.15) is 0 Å². The molecule has 4 nitrogen and oxygen atoms in total. The molecule has 2 rings (SSSR count). The number of halogens is 8. The normalized spacial score (nSPS) is 12.4. The number of hydrogen-bond donors (Lipinski definition) is 0. The van der Waals surface area contributed by atoms with Crippen molar-refractivity contribution in [3.63, 3.8) is 0 Å². The zero-order valence-electron chi connectivity index (χ0n) is 12.3. The topological polar surface area (TPSA) is 41.9 Å². The molecule has 0 aliphatic carbocycles. The monoisotopic (exact) mass is 500 g/mol. The molecule has 0 spiro atoms. The summed E-state index contributed by atoms with van der Waals surface area (Å²) in [6.45, 7) is 2.44. The van der Waals surface area contributed by atoms with E-state index >= 15 is 0 Å². The maximum absolute atomic E-state index is 6.26. The van der Waals surface area contributed by atoms with Crippen molar-refractivity contribution in [3.05, 3.63) is 34.9 Å². The van der Waals surface area contributed by atoms with Crippen LogP contribution in [0.4, 0.5) is 5.69 Å². The molecular weight excluding hydrogens is 496 g/mol. The molecular formula is C13H8Cl8N4. The summed E-state index contributed by atoms with van der Waals surface area (Å²) >= 11 is 47.5. The Hall–Kier alpha value is 0.350. The lowest BCUT2D eigenvalue weighted by molar-refractivity contribution is 0.851. The predicted molar refractivity (Wildman–Crippen MR) is 108 cm³/mol. The Morgan fingerprint density at radius 1 is 0.920 bits per heavy atom. The van der Waals surface area contributed by atoms with Crippen LogP contribution in [0.25, 0.3) is 11.4 Å². The molecule has 1 heterocycles. The third-order valence-electron chi connectivity index (χ3n) is 2.89. The van der Waals surface area contributed by atoms with Crippen molar-refractivity contribution in [2.24, 2.45) is 0 Å². The van der Waals surface area contributed by atoms with Gasteiger partial charge >= 0.3 is 0 Å². The van der Waals surface area contributed by atoms with Crippen molar-refractivity contribution >= 4 is 98.7 Å². The predicted octanol–water partition coefficient (Wildman–Crippen LogP) is 6.83. The Kier molecular flexibility index (Phi) is 7.06. The van der Waals surface area contributed by atoms with E-state index < -0.39 is 7.59 Å². The minimum atomic E-state index is -1.93. The minimum absolute atomic E-state index is 0.128. The standard InChI is InChI=1S/C13H8Cl8N4/c1-2-25(21)8-4-3-6(5-7(8)14)9-22-10(12(15,16)17)24-11(23-9)13(18,19)20/h3-5H,2H2,1H3. The highest BCUT2D eigenvalue weighted by atomic mass is 35.6. The molecule has 12 heteroatoms. The highest BCUT2D eigenvalue weighted by Gasteiger charge is 2.34. The summed E-state index contributed by atoms with van der Waals surface area (Å²) in [5, 5.41) is 0.376. The number of hydrogen-bond acceptors (Lipinski definition) is 4. The fraction of sp³-hybridized carbons (Fsp3) is 0.308. The van der Waals surface area contributed by atoms with Gasteiger partial charge in [0, 0.05) is 23.9 Å². The fourth-order valence-corrected chi connectivity index (χ4v) is 2.75. The number of rotatable bonds is 3. The fourth-order valence-electron chi connectivity index (χ4n) is 1.77. The summed E-state index contributed by atoms with van der Waals surface area (Å²) in [5.74, 6) is -0.239. The van der Waals surface area contributed by atoms with Crippen LogP contribution in [0.2, 0.25) is 5.02 Å². The average molecular weight is 504 g/mol. The highest BCUT2D eigenvalue weighted by Crippen LogP contribution is 2.41. The van der Waals surface area contributed by atoms with Gasteiger partial charge < -0.3 is 0 Å². The van der Waals surface area contributed by atoms with E-state index in [9.17, 15) is 0 Å². The third-order valence-corrected chi connectivity index (χ3v) is 4.63. The van der Waals surface area contributed by atoms with Gasteiger partial charge in [-0.3, -0.25) is 4.42 Å². The van der Waals surface area contributed by atoms with Gasteiger partial charge in [-0.1, -0.05) is 81.2 Å². The maximum atomic E-state index is 6.26. The summed E-state index contributed by atoms with van der Waals surface area (Å²) in [6, 6.07) is 4.98. The van der Waals surface area contributed by atoms with E-state index in [1.54, 1.807) is 18.2 Å². The Labute approximate surface area is 184 Å². The van der Waals surface area contributed by atoms with Crippen LogP contribution in [0, 0.1) is 0 Å². The molecule has 136 valence electrons. The summed E-state index contributed by atoms with van der Waals surface area (Å²) < 4.78 is -2.40. The first-order valence-corrected chi connectivity index (χ1v) is 9.55. The molecule has 1 aromatic heterocycles. The van der Waals surface area contributed by atoms with Crippen molar-refractivity contribution in [1.82, 2.24) is 15.0 Å². The molecule has 0 aliphatic heterocycles. The van der Waals surface area contributed by atoms with E-state index in [4.69, 9.17) is 93.0 Å². The van der Waals surface area contributed by atoms with Crippen LogP contribution in [-0.2, 0) is 7.59 Å². The van der Waals surface area contributed by atoms with E-state index in [2.05, 4.69) is 15.0 Å². The van der Waals surface area contributed by atoms with Crippen molar-refractivity contribution < 1.29 is 0 Å². The Balaban J connectivity index is 2.60. The van der Waals surface area contributed by atoms with Crippen LogP contribution in [0.5, 0.6) is 0 Å². The molecule has 0 saturated carbocycles. The lowest BCUT2D eigenvalue weighted by Gasteiger charge is -2.17. The molecule has 0 fully saturated rings. The van der Waals surface area contributed by atoms with E-state index in [0.717, 1.165) is 0 Å². The van der Waals surface area contributed by atoms with E-state index in [-0.39, 0.29) is 17.5 Å². The van der Waals surface area contributed by atoms with Gasteiger partial charge in [-0.15, -0.1) is 0 Å². The van der Waals surface area contributed by atoms with Crippen LogP contribution in [-0.4, -0.2) is 21.5 Å². The minimum Gasteiger partial charge on any atom is -0.284 e. The number of anilines is 1. The van der Waals surface area contributed by atoms with Gasteiger partial charge in [-0.25, -0.2) is 15.0 Å². The quantitative estimate of drug-likeness (QED) is 0.340. The zero-order chi connectivity index (χ0) is 19.0. The van der Waals surface area contributed by atoms with E-state index in [1.807, 2.05) is 6.92 Å². The molecule has 0 bridgehead atoms. The highest BCUT2D eigenvalue weighted by molar-refractivity contribution is 6.67. The number of aromatic nitrogens is 3. The van der Waals surface area contributed by atoms with Gasteiger partial charge in [0.25, 0.3) is 0 Å². The molecule has 0 atom stereocenters. The van der Waals surface area contributed by atoms with Crippen LogP contribution < -0.4 is 4.42 Å². The van der Waals surface area contributed by atoms with E-state index in [0.29, 0.717) is 22.8 Å². The maximum Gasteiger partial charge on any atom is 0.250 e. The molecule has 25 heavy (non-hydrogen) atoms. The largest absolute Gasteiger partial charge is 0.284 e. The van der Waals surface area contributed by atoms with Crippen LogP contribution in [0.15, 0.2) is 18.2 Å². The second-order valence-electron chi connectivity index (χ2n) is 4.65. The van der Waals surface area contributed by atoms with Crippen molar-refractivity contribution in [1.29, 1.82) is 0 Å². The van der Waals surface area contributed by atoms with Crippen LogP contribution in [0.1, 0.15) is 18.6 Å². The summed E-state index contributed by atoms with van der Waals surface area (Å²) in [4.78, 5) is 12.2. The Bertz CT molecular complexity index is 739. The van der Waals surface area contributed by atoms with Crippen LogP contribution >= 0.6 is 93.0 Å². The first kappa shape index (κ1) is 21.6. The lowest BCUT2D eigenvalue weighted by Crippen LogP contribution is -2.16. The summed E-state index contributed by atoms with van der Waals surface area (Å²) in [7, 11) is 0. The second-order valence-corrected chi connectivity index (χ2v) is 10.0. The Morgan fingerprint density at radius 3 is 1.84 bits per heavy atom. The average Bonchev–Trinajstić information content (AvgIpc) is 2.52. The van der Waals surface area contributed by atoms with Gasteiger partial charge in [0.15, 0.2) is 17.5 Å². The first-order valence-electron chi connectivity index (χ1n) is 6.57. The van der Waals surface area contributed by atoms with E-state index in [1.165, 1.54) is 4.42 Å². The van der Waals surface area contributed by atoms with Crippen molar-refractivity contribution in [2.45, 2.75) is 14.5 Å². The molecule has 0 saturated heterocycles. The van der Waals surface area contributed by atoms with Crippen molar-refractivity contribution in [2.75, 3.05) is 11.0 Å². The summed E-state index contributed by atoms with van der Waals surface area (Å²) in [6.07, 6.45) is 0. The van der Waals surface area contributed by atoms with Gasteiger partial charge in [0.05, 0.1) is 10.7 Å². The molecule has 0 amide bonds. The summed E-state index contributed by atoms with van der Waals surface area (Å²) in [5.41, 5.74) is 1.12. The molecule has 0 aliphatic rings. The first-order chi connectivity index (χ1) is 11.4. The van der Waals surface area contributed by atoms with Gasteiger partial charge in [-0.05, 0) is 25.1 Å². The zero-order valence-corrected chi connectivity index (χ0v) is 18.3. The smallest absolute Gasteiger partial charge is 0.250 e. The molecule has 2 aromatic rings. The SMILES string of the molecule is CCN(Cl)c1ccc(-c2nc(C(Cl)(Cl)Cl)nc(C(Cl)(Cl)Cl)n2)cc1Cl. The second kappa shape index (κ2) is 8.15. The molecule has 0 N–H and O–H groups in total. The Morgan fingerprint density at radius 2 is 1.44 bits per heavy atom. The van der Waals surface area contributed by atoms with Crippen LogP contribution in [0.3, 0.4) is 0 Å². The van der Waals surface area contributed by atoms with Gasteiger partial charge in [0.1, 0.15) is 0 Å². The molecule has 0 radical (unpaired) electrons. The molecule has 1 aromatic carbocycles. The third kappa shape index (κ3) is 5.43. The number of alkyl halides is 6. The van der Waals surface area contributed by atoms with Crippen molar-refractivity contribution in [3.8, 4) is 11.4 Å². The number of benzene rings is 1.